The van der Waals surface area contributed by atoms with Gasteiger partial charge in [-0.05, 0) is 11.6 Å². The second-order valence-electron chi connectivity index (χ2n) is 9.17. The van der Waals surface area contributed by atoms with Crippen molar-refractivity contribution in [3.05, 3.63) is 54.2 Å². The second kappa shape index (κ2) is 13.7. The number of benzene rings is 1. The zero-order valence-electron chi connectivity index (χ0n) is 21.5. The van der Waals surface area contributed by atoms with E-state index in [4.69, 9.17) is 5.73 Å². The summed E-state index contributed by atoms with van der Waals surface area (Å²) in [5.74, 6) is -7.59. The monoisotopic (exact) mass is 571 g/mol. The Kier molecular flexibility index (Phi) is 10.1. The minimum absolute atomic E-state index is 0.00963. The highest BCUT2D eigenvalue weighted by atomic mass is 16.4. The molecule has 0 saturated carbocycles. The summed E-state index contributed by atoms with van der Waals surface area (Å²) in [6.45, 7) is 0. The number of nitrogens with one attached hydrogen (secondary N) is 5. The second-order valence-corrected chi connectivity index (χ2v) is 9.17. The largest absolute Gasteiger partial charge is 0.481 e. The molecule has 0 saturated heterocycles. The highest BCUT2D eigenvalue weighted by molar-refractivity contribution is 5.97. The molecule has 2 aromatic heterocycles. The van der Waals surface area contributed by atoms with Gasteiger partial charge in [0.15, 0.2) is 0 Å². The summed E-state index contributed by atoms with van der Waals surface area (Å²) in [6, 6.07) is 0.863. The molecule has 3 rings (SSSR count). The Morgan fingerprint density at radius 3 is 1.95 bits per heavy atom. The fourth-order valence-electron chi connectivity index (χ4n) is 4.04. The van der Waals surface area contributed by atoms with Gasteiger partial charge >= 0.3 is 17.9 Å². The number of aromatic nitrogens is 3. The van der Waals surface area contributed by atoms with Gasteiger partial charge in [-0.15, -0.1) is 0 Å². The van der Waals surface area contributed by atoms with Crippen LogP contribution in [-0.4, -0.2) is 90.1 Å². The van der Waals surface area contributed by atoms with Crippen LogP contribution < -0.4 is 21.7 Å². The first kappa shape index (κ1) is 30.3. The molecular formula is C25H29N7O9. The van der Waals surface area contributed by atoms with Crippen LogP contribution in [0.25, 0.3) is 10.9 Å². The number of hydrogen-bond acceptors (Lipinski definition) is 8. The highest BCUT2D eigenvalue weighted by Gasteiger charge is 2.33. The smallest absolute Gasteiger partial charge is 0.326 e. The van der Waals surface area contributed by atoms with Crippen LogP contribution in [0.1, 0.15) is 24.1 Å². The Morgan fingerprint density at radius 2 is 1.39 bits per heavy atom. The maximum atomic E-state index is 13.0. The van der Waals surface area contributed by atoms with E-state index in [0.29, 0.717) is 11.3 Å². The summed E-state index contributed by atoms with van der Waals surface area (Å²) in [6.07, 6.45) is 2.34. The fraction of sp³-hybridized carbons (Fsp3) is 0.320. The molecule has 4 atom stereocenters. The average molecular weight is 572 g/mol. The lowest BCUT2D eigenvalue weighted by molar-refractivity contribution is -0.145. The van der Waals surface area contributed by atoms with Crippen molar-refractivity contribution >= 4 is 46.5 Å². The first-order chi connectivity index (χ1) is 19.4. The lowest BCUT2D eigenvalue weighted by atomic mass is 10.0. The van der Waals surface area contributed by atoms with Crippen LogP contribution >= 0.6 is 0 Å². The number of carboxylic acids is 3. The summed E-state index contributed by atoms with van der Waals surface area (Å²) >= 11 is 0. The van der Waals surface area contributed by atoms with E-state index in [9.17, 15) is 44.1 Å². The molecule has 4 unspecified atom stereocenters. The van der Waals surface area contributed by atoms with Crippen LogP contribution in [0.2, 0.25) is 0 Å². The van der Waals surface area contributed by atoms with E-state index < -0.39 is 72.6 Å². The molecule has 3 aromatic rings. The number of para-hydroxylation sites is 1. The molecule has 41 heavy (non-hydrogen) atoms. The topological polar surface area (TPSA) is 270 Å². The molecule has 0 bridgehead atoms. The first-order valence-corrected chi connectivity index (χ1v) is 12.3. The first-order valence-electron chi connectivity index (χ1n) is 12.3. The molecule has 0 radical (unpaired) electrons. The Morgan fingerprint density at radius 1 is 0.805 bits per heavy atom. The molecule has 0 fully saturated rings. The van der Waals surface area contributed by atoms with Crippen LogP contribution in [0.3, 0.4) is 0 Å². The quantitative estimate of drug-likeness (QED) is 0.101. The minimum atomic E-state index is -1.79. The van der Waals surface area contributed by atoms with E-state index in [-0.39, 0.29) is 12.8 Å². The van der Waals surface area contributed by atoms with Crippen molar-refractivity contribution in [2.45, 2.75) is 49.9 Å². The molecule has 3 amide bonds. The summed E-state index contributed by atoms with van der Waals surface area (Å²) in [5.41, 5.74) is 7.66. The van der Waals surface area contributed by atoms with Gasteiger partial charge in [-0.1, -0.05) is 18.2 Å². The summed E-state index contributed by atoms with van der Waals surface area (Å²) < 4.78 is 0. The number of imidazole rings is 1. The van der Waals surface area contributed by atoms with Gasteiger partial charge in [0.1, 0.15) is 18.1 Å². The number of aliphatic carboxylic acids is 3. The van der Waals surface area contributed by atoms with Crippen LogP contribution in [-0.2, 0) is 41.6 Å². The third kappa shape index (κ3) is 8.62. The third-order valence-electron chi connectivity index (χ3n) is 6.07. The molecule has 0 aliphatic carbocycles. The van der Waals surface area contributed by atoms with Gasteiger partial charge in [0.25, 0.3) is 0 Å². The lowest BCUT2D eigenvalue weighted by Gasteiger charge is -2.24. The maximum Gasteiger partial charge on any atom is 0.326 e. The predicted molar refractivity (Wildman–Crippen MR) is 140 cm³/mol. The van der Waals surface area contributed by atoms with Gasteiger partial charge in [0, 0.05) is 41.8 Å². The molecule has 0 aliphatic heterocycles. The molecule has 1 aromatic carbocycles. The van der Waals surface area contributed by atoms with Crippen LogP contribution in [0.5, 0.6) is 0 Å². The number of aromatic amines is 2. The summed E-state index contributed by atoms with van der Waals surface area (Å²) in [4.78, 5) is 82.7. The lowest BCUT2D eigenvalue weighted by Crippen LogP contribution is -2.58. The number of carboxylic acid groups (broad SMARTS) is 3. The van der Waals surface area contributed by atoms with Crippen molar-refractivity contribution in [2.24, 2.45) is 5.73 Å². The number of H-pyrrole nitrogens is 2. The molecule has 16 heteroatoms. The van der Waals surface area contributed by atoms with Gasteiger partial charge in [0.05, 0.1) is 25.2 Å². The van der Waals surface area contributed by atoms with Crippen molar-refractivity contribution in [2.75, 3.05) is 0 Å². The molecule has 218 valence electrons. The van der Waals surface area contributed by atoms with Gasteiger partial charge in [0.2, 0.25) is 17.7 Å². The molecule has 0 aliphatic rings. The Labute approximate surface area is 231 Å². The van der Waals surface area contributed by atoms with Crippen molar-refractivity contribution < 1.29 is 44.1 Å². The number of amides is 3. The van der Waals surface area contributed by atoms with Gasteiger partial charge in [-0.3, -0.25) is 24.0 Å². The molecule has 10 N–H and O–H groups in total. The zero-order valence-corrected chi connectivity index (χ0v) is 21.5. The van der Waals surface area contributed by atoms with Gasteiger partial charge in [-0.2, -0.15) is 0 Å². The van der Waals surface area contributed by atoms with Gasteiger partial charge < -0.3 is 47.0 Å². The Balaban J connectivity index is 1.72. The van der Waals surface area contributed by atoms with Crippen LogP contribution in [0.15, 0.2) is 43.0 Å². The molecular weight excluding hydrogens is 542 g/mol. The summed E-state index contributed by atoms with van der Waals surface area (Å²) in [5, 5.41) is 35.5. The van der Waals surface area contributed by atoms with E-state index in [1.54, 1.807) is 30.5 Å². The minimum Gasteiger partial charge on any atom is -0.481 e. The van der Waals surface area contributed by atoms with E-state index in [0.717, 1.165) is 10.9 Å². The fourth-order valence-corrected chi connectivity index (χ4v) is 4.04. The van der Waals surface area contributed by atoms with E-state index in [1.807, 2.05) is 0 Å². The Hall–Kier alpha value is -5.25. The highest BCUT2D eigenvalue weighted by Crippen LogP contribution is 2.19. The SMILES string of the molecule is NC(Cc1cnc[nH]1)C(=O)NC(CC(=O)O)C(=O)NC(CC(=O)O)C(=O)NC(Cc1c[nH]c2ccccc12)C(=O)O. The number of fused-ring (bicyclic) bond motifs is 1. The van der Waals surface area contributed by atoms with Crippen molar-refractivity contribution in [1.82, 2.24) is 30.9 Å². The Bertz CT molecular complexity index is 1420. The number of rotatable bonds is 15. The van der Waals surface area contributed by atoms with Crippen molar-refractivity contribution in [3.8, 4) is 0 Å². The normalized spacial score (nSPS) is 13.9. The average Bonchev–Trinajstić information content (AvgIpc) is 3.56. The third-order valence-corrected chi connectivity index (χ3v) is 6.07. The van der Waals surface area contributed by atoms with Crippen molar-refractivity contribution in [1.29, 1.82) is 0 Å². The predicted octanol–water partition coefficient (Wildman–Crippen LogP) is -1.51. The zero-order chi connectivity index (χ0) is 30.1. The number of carbonyl (C=O) groups is 6. The van der Waals surface area contributed by atoms with E-state index >= 15 is 0 Å². The van der Waals surface area contributed by atoms with E-state index in [1.165, 1.54) is 12.5 Å². The summed E-state index contributed by atoms with van der Waals surface area (Å²) in [7, 11) is 0. The van der Waals surface area contributed by atoms with Crippen molar-refractivity contribution in [3.63, 3.8) is 0 Å². The standard InChI is InChI=1S/C25H29N7O9/c26-15(6-13-10-27-11-29-13)22(37)30-17(7-20(33)34)23(38)31-18(8-21(35)36)24(39)32-19(25(40)41)5-12-9-28-16-4-2-1-3-14(12)16/h1-4,9-11,15,17-19,28H,5-8,26H2,(H,27,29)(H,30,37)(H,31,38)(H,32,39)(H,33,34)(H,35,36)(H,40,41). The van der Waals surface area contributed by atoms with Gasteiger partial charge in [-0.25, -0.2) is 9.78 Å². The van der Waals surface area contributed by atoms with E-state index in [2.05, 4.69) is 30.9 Å². The van der Waals surface area contributed by atoms with Crippen LogP contribution in [0.4, 0.5) is 0 Å². The van der Waals surface area contributed by atoms with Crippen LogP contribution in [0, 0.1) is 0 Å². The number of nitrogens with zero attached hydrogens (tertiary/aromatic N) is 1. The molecule has 2 heterocycles. The molecule has 16 nitrogen and oxygen atoms in total. The number of hydrogen-bond donors (Lipinski definition) is 9. The molecule has 0 spiro atoms. The maximum absolute atomic E-state index is 13.0. The number of carbonyl (C=O) groups excluding carboxylic acids is 3. The number of nitrogens with two attached hydrogens (primary N) is 1.